The Morgan fingerprint density at radius 2 is 2.00 bits per heavy atom. The number of fused-ring (bicyclic) bond motifs is 10. The van der Waals surface area contributed by atoms with Gasteiger partial charge in [-0.1, -0.05) is 13.0 Å². The number of nitriles is 1. The Balaban J connectivity index is 1.51. The van der Waals surface area contributed by atoms with Gasteiger partial charge < -0.3 is 39.4 Å². The molecule has 3 N–H and O–H groups in total. The van der Waals surface area contributed by atoms with Crippen molar-refractivity contribution in [3.05, 3.63) is 39.4 Å². The number of aromatic hydroxyl groups is 1. The van der Waals surface area contributed by atoms with E-state index in [1.54, 1.807) is 7.11 Å². The van der Waals surface area contributed by atoms with Crippen molar-refractivity contribution in [1.82, 2.24) is 15.5 Å². The number of methoxy groups -OCH3 is 1. The predicted octanol–water partition coefficient (Wildman–Crippen LogP) is 3.26. The van der Waals surface area contributed by atoms with Gasteiger partial charge in [0, 0.05) is 47.0 Å². The Kier molecular flexibility index (Phi) is 7.95. The number of thioether (sulfide) groups is 1. The number of carbonyl (C=O) groups is 2. The summed E-state index contributed by atoms with van der Waals surface area (Å²) < 4.78 is 29.8. The molecule has 4 bridgehead atoms. The second-order valence-corrected chi connectivity index (χ2v) is 13.6. The molecule has 2 saturated heterocycles. The van der Waals surface area contributed by atoms with Gasteiger partial charge in [0.05, 0.1) is 30.5 Å². The first-order valence-corrected chi connectivity index (χ1v) is 16.7. The van der Waals surface area contributed by atoms with Crippen LogP contribution < -0.4 is 29.6 Å². The number of hydrogen-bond acceptors (Lipinski definition) is 13. The van der Waals surface area contributed by atoms with Crippen LogP contribution in [0.3, 0.4) is 0 Å². The highest BCUT2D eigenvalue weighted by Gasteiger charge is 2.59. The number of piperazine rings is 1. The van der Waals surface area contributed by atoms with Crippen molar-refractivity contribution in [1.29, 1.82) is 5.26 Å². The van der Waals surface area contributed by atoms with E-state index in [0.717, 1.165) is 28.7 Å². The standard InChI is InChI=1S/C33H38N4O8S/c1-6-7-35-19-12-46-32-24-23(31-30(43-13-44-31)15(3)29(24)45-16(4)38)21(11-42-33(19)40)37-20(10-34)18-9-17-8-14(2)28(41-5)27(39)22(17)25(36-18)26(32)37/h8,18-21,25-26,32,35-36,39H,6-7,9,11-13H2,1-5H3/t18-,19+,20+,21+,25+,26?,32-/m1/s1. The smallest absolute Gasteiger partial charge is 0.324 e. The molecule has 0 amide bonds. The van der Waals surface area contributed by atoms with E-state index in [0.29, 0.717) is 52.8 Å². The molecule has 0 aliphatic carbocycles. The van der Waals surface area contributed by atoms with Gasteiger partial charge in [0.25, 0.3) is 0 Å². The Morgan fingerprint density at radius 3 is 2.72 bits per heavy atom. The monoisotopic (exact) mass is 650 g/mol. The molecule has 244 valence electrons. The fourth-order valence-electron chi connectivity index (χ4n) is 8.03. The number of carbonyl (C=O) groups excluding carboxylic acids is 2. The lowest BCUT2D eigenvalue weighted by atomic mass is 9.72. The number of esters is 2. The molecule has 0 radical (unpaired) electrons. The van der Waals surface area contributed by atoms with Gasteiger partial charge in [0.15, 0.2) is 23.0 Å². The number of nitrogens with one attached hydrogen (secondary N) is 2. The van der Waals surface area contributed by atoms with E-state index in [1.165, 1.54) is 18.7 Å². The first-order chi connectivity index (χ1) is 22.2. The normalized spacial score (nSPS) is 29.1. The van der Waals surface area contributed by atoms with Crippen molar-refractivity contribution in [3.8, 4) is 34.8 Å². The Labute approximate surface area is 271 Å². The molecule has 0 aromatic heterocycles. The number of phenols is 1. The molecule has 6 aliphatic heterocycles. The van der Waals surface area contributed by atoms with E-state index >= 15 is 0 Å². The molecule has 0 spiro atoms. The van der Waals surface area contributed by atoms with E-state index in [1.807, 2.05) is 26.8 Å². The maximum atomic E-state index is 13.5. The van der Waals surface area contributed by atoms with Crippen molar-refractivity contribution >= 4 is 23.7 Å². The van der Waals surface area contributed by atoms with Crippen LogP contribution in [0.15, 0.2) is 6.07 Å². The topological polar surface area (TPSA) is 152 Å². The lowest BCUT2D eigenvalue weighted by Crippen LogP contribution is -2.69. The first-order valence-electron chi connectivity index (χ1n) is 15.7. The van der Waals surface area contributed by atoms with Crippen LogP contribution in [0.1, 0.15) is 71.0 Å². The van der Waals surface area contributed by atoms with E-state index in [2.05, 4.69) is 21.6 Å². The molecule has 8 rings (SSSR count). The van der Waals surface area contributed by atoms with Crippen LogP contribution in [0.2, 0.25) is 0 Å². The van der Waals surface area contributed by atoms with Crippen LogP contribution >= 0.6 is 11.8 Å². The molecule has 7 atom stereocenters. The molecular weight excluding hydrogens is 612 g/mol. The van der Waals surface area contributed by atoms with Crippen LogP contribution in [-0.4, -0.2) is 78.9 Å². The quantitative estimate of drug-likeness (QED) is 0.321. The highest BCUT2D eigenvalue weighted by Crippen LogP contribution is 2.62. The Bertz CT molecular complexity index is 1660. The minimum absolute atomic E-state index is 0.0161. The largest absolute Gasteiger partial charge is 0.504 e. The summed E-state index contributed by atoms with van der Waals surface area (Å²) in [7, 11) is 1.54. The fraction of sp³-hybridized carbons (Fsp3) is 0.545. The third-order valence-electron chi connectivity index (χ3n) is 9.79. The zero-order chi connectivity index (χ0) is 32.4. The maximum absolute atomic E-state index is 13.5. The molecule has 46 heavy (non-hydrogen) atoms. The molecule has 0 saturated carbocycles. The van der Waals surface area contributed by atoms with Crippen LogP contribution in [0.25, 0.3) is 0 Å². The van der Waals surface area contributed by atoms with Crippen LogP contribution in [0.5, 0.6) is 28.7 Å². The summed E-state index contributed by atoms with van der Waals surface area (Å²) in [6.45, 7) is 7.71. The number of ether oxygens (including phenoxy) is 5. The Hall–Kier alpha value is -3.70. The number of phenolic OH excluding ortho intramolecular Hbond substituents is 1. The summed E-state index contributed by atoms with van der Waals surface area (Å²) in [6.07, 6.45) is 1.35. The van der Waals surface area contributed by atoms with Crippen molar-refractivity contribution in [2.24, 2.45) is 0 Å². The lowest BCUT2D eigenvalue weighted by molar-refractivity contribution is -0.149. The van der Waals surface area contributed by atoms with E-state index in [9.17, 15) is 20.0 Å². The van der Waals surface area contributed by atoms with Crippen molar-refractivity contribution < 1.29 is 38.4 Å². The molecule has 6 aliphatic rings. The second-order valence-electron chi connectivity index (χ2n) is 12.5. The molecular formula is C33H38N4O8S. The zero-order valence-electron chi connectivity index (χ0n) is 26.5. The second kappa shape index (κ2) is 11.8. The summed E-state index contributed by atoms with van der Waals surface area (Å²) in [6, 6.07) is 1.64. The number of rotatable bonds is 5. The average molecular weight is 651 g/mol. The molecule has 13 heteroatoms. The molecule has 12 nitrogen and oxygen atoms in total. The molecule has 1 unspecified atom stereocenters. The van der Waals surface area contributed by atoms with Crippen molar-refractivity contribution in [3.63, 3.8) is 0 Å². The van der Waals surface area contributed by atoms with Crippen LogP contribution in [0, 0.1) is 25.2 Å². The minimum Gasteiger partial charge on any atom is -0.504 e. The molecule has 6 heterocycles. The summed E-state index contributed by atoms with van der Waals surface area (Å²) in [4.78, 5) is 28.2. The van der Waals surface area contributed by atoms with Crippen LogP contribution in [-0.2, 0) is 20.7 Å². The maximum Gasteiger partial charge on any atom is 0.324 e. The third kappa shape index (κ3) is 4.60. The van der Waals surface area contributed by atoms with Gasteiger partial charge in [-0.05, 0) is 44.4 Å². The van der Waals surface area contributed by atoms with Gasteiger partial charge in [-0.25, -0.2) is 0 Å². The summed E-state index contributed by atoms with van der Waals surface area (Å²) >= 11 is 1.54. The number of nitrogens with zero attached hydrogens (tertiary/aromatic N) is 2. The Morgan fingerprint density at radius 1 is 1.22 bits per heavy atom. The van der Waals surface area contributed by atoms with Gasteiger partial charge in [-0.2, -0.15) is 5.26 Å². The highest BCUT2D eigenvalue weighted by molar-refractivity contribution is 7.99. The van der Waals surface area contributed by atoms with E-state index in [4.69, 9.17) is 23.7 Å². The molecule has 2 aromatic rings. The van der Waals surface area contributed by atoms with E-state index in [-0.39, 0.29) is 31.2 Å². The number of hydrogen-bond donors (Lipinski definition) is 3. The average Bonchev–Trinajstić information content (AvgIpc) is 3.52. The minimum atomic E-state index is -0.635. The summed E-state index contributed by atoms with van der Waals surface area (Å²) in [5, 5.41) is 29.1. The molecule has 2 fully saturated rings. The summed E-state index contributed by atoms with van der Waals surface area (Å²) in [5.74, 6) is 1.35. The fourth-order valence-corrected chi connectivity index (χ4v) is 9.58. The SMILES string of the molecule is CCCN[C@H]1CS[C@@H]2c3c(OC(C)=O)c(C)c4c(c3[C@H](COC1=O)N1C2[C@H]2N[C@H](Cc3cc(C)c(OC)c(O)c32)[C@@H]1C#N)OCO4. The van der Waals surface area contributed by atoms with Gasteiger partial charge in [0.1, 0.15) is 24.4 Å². The highest BCUT2D eigenvalue weighted by atomic mass is 32.2. The number of aryl methyl sites for hydroxylation is 1. The van der Waals surface area contributed by atoms with E-state index < -0.39 is 41.4 Å². The molecule has 2 aromatic carbocycles. The summed E-state index contributed by atoms with van der Waals surface area (Å²) in [5.41, 5.74) is 4.58. The van der Waals surface area contributed by atoms with Crippen LogP contribution in [0.4, 0.5) is 0 Å². The van der Waals surface area contributed by atoms with Gasteiger partial charge in [-0.15, -0.1) is 11.8 Å². The van der Waals surface area contributed by atoms with Crippen molar-refractivity contribution in [2.45, 2.75) is 82.0 Å². The van der Waals surface area contributed by atoms with Gasteiger partial charge in [0.2, 0.25) is 6.79 Å². The third-order valence-corrected chi connectivity index (χ3v) is 11.2. The number of benzene rings is 2. The first kappa shape index (κ1) is 30.9. The van der Waals surface area contributed by atoms with Gasteiger partial charge in [-0.3, -0.25) is 14.5 Å². The zero-order valence-corrected chi connectivity index (χ0v) is 27.3. The predicted molar refractivity (Wildman–Crippen MR) is 167 cm³/mol. The van der Waals surface area contributed by atoms with Crippen molar-refractivity contribution in [2.75, 3.05) is 32.8 Å². The van der Waals surface area contributed by atoms with Gasteiger partial charge >= 0.3 is 11.9 Å². The lowest BCUT2D eigenvalue weighted by Gasteiger charge is -2.59.